The van der Waals surface area contributed by atoms with Gasteiger partial charge in [0.2, 0.25) is 0 Å². The second-order valence-electron chi connectivity index (χ2n) is 6.38. The molecule has 0 fully saturated rings. The van der Waals surface area contributed by atoms with Gasteiger partial charge >= 0.3 is 0 Å². The number of nitrogens with one attached hydrogen (secondary N) is 2. The molecule has 3 rings (SSSR count). The number of ether oxygens (including phenoxy) is 1. The summed E-state index contributed by atoms with van der Waals surface area (Å²) in [6.45, 7) is 4.12. The van der Waals surface area contributed by atoms with Gasteiger partial charge in [-0.1, -0.05) is 12.1 Å². The zero-order valence-electron chi connectivity index (χ0n) is 16.0. The number of carbonyl (C=O) groups is 2. The highest BCUT2D eigenvalue weighted by Gasteiger charge is 2.14. The SMILES string of the molecule is COc1ccc(C(=O)NCc2ccc(C(=O)Nc3cccc(C)c3C)o2)cc1. The van der Waals surface area contributed by atoms with E-state index in [9.17, 15) is 9.59 Å². The molecule has 0 unspecified atom stereocenters. The van der Waals surface area contributed by atoms with E-state index >= 15 is 0 Å². The van der Waals surface area contributed by atoms with Crippen LogP contribution in [0, 0.1) is 13.8 Å². The van der Waals surface area contributed by atoms with Gasteiger partial charge in [-0.3, -0.25) is 9.59 Å². The van der Waals surface area contributed by atoms with Gasteiger partial charge in [0, 0.05) is 11.3 Å². The Morgan fingerprint density at radius 2 is 1.71 bits per heavy atom. The Labute approximate surface area is 163 Å². The minimum atomic E-state index is -0.332. The van der Waals surface area contributed by atoms with Crippen LogP contribution in [0.25, 0.3) is 0 Å². The maximum Gasteiger partial charge on any atom is 0.291 e. The van der Waals surface area contributed by atoms with E-state index in [1.54, 1.807) is 43.5 Å². The molecule has 0 saturated heterocycles. The van der Waals surface area contributed by atoms with Crippen LogP contribution < -0.4 is 15.4 Å². The molecule has 6 nitrogen and oxygen atoms in total. The maximum absolute atomic E-state index is 12.4. The van der Waals surface area contributed by atoms with Crippen LogP contribution in [-0.2, 0) is 6.54 Å². The van der Waals surface area contributed by atoms with Crippen LogP contribution in [0.1, 0.15) is 37.8 Å². The number of hydrogen-bond donors (Lipinski definition) is 2. The van der Waals surface area contributed by atoms with Crippen molar-refractivity contribution in [2.24, 2.45) is 0 Å². The van der Waals surface area contributed by atoms with E-state index in [2.05, 4.69) is 10.6 Å². The molecule has 1 aromatic heterocycles. The number of anilines is 1. The molecule has 6 heteroatoms. The first-order chi connectivity index (χ1) is 13.5. The fourth-order valence-electron chi connectivity index (χ4n) is 2.68. The van der Waals surface area contributed by atoms with Crippen LogP contribution in [0.4, 0.5) is 5.69 Å². The van der Waals surface area contributed by atoms with Crippen molar-refractivity contribution < 1.29 is 18.7 Å². The van der Waals surface area contributed by atoms with Crippen LogP contribution in [0.3, 0.4) is 0 Å². The second-order valence-corrected chi connectivity index (χ2v) is 6.38. The molecule has 2 amide bonds. The average Bonchev–Trinajstić information content (AvgIpc) is 3.19. The van der Waals surface area contributed by atoms with Gasteiger partial charge in [0.15, 0.2) is 5.76 Å². The van der Waals surface area contributed by atoms with Crippen LogP contribution >= 0.6 is 0 Å². The number of rotatable bonds is 6. The van der Waals surface area contributed by atoms with E-state index in [1.165, 1.54) is 0 Å². The third-order valence-corrected chi connectivity index (χ3v) is 4.51. The van der Waals surface area contributed by atoms with E-state index < -0.39 is 0 Å². The number of carbonyl (C=O) groups excluding carboxylic acids is 2. The van der Waals surface area contributed by atoms with Gasteiger partial charge in [-0.05, 0) is 67.4 Å². The van der Waals surface area contributed by atoms with Gasteiger partial charge in [0.25, 0.3) is 11.8 Å². The van der Waals surface area contributed by atoms with E-state index in [4.69, 9.17) is 9.15 Å². The minimum absolute atomic E-state index is 0.182. The molecule has 0 aliphatic carbocycles. The molecule has 0 spiro atoms. The van der Waals surface area contributed by atoms with Gasteiger partial charge < -0.3 is 19.8 Å². The lowest BCUT2D eigenvalue weighted by Gasteiger charge is -2.09. The number of hydrogen-bond acceptors (Lipinski definition) is 4. The molecule has 0 aliphatic rings. The van der Waals surface area contributed by atoms with Crippen LogP contribution in [-0.4, -0.2) is 18.9 Å². The van der Waals surface area contributed by atoms with Crippen LogP contribution in [0.15, 0.2) is 59.0 Å². The second kappa shape index (κ2) is 8.43. The van der Waals surface area contributed by atoms with Gasteiger partial charge in [0.1, 0.15) is 11.5 Å². The predicted molar refractivity (Wildman–Crippen MR) is 107 cm³/mol. The van der Waals surface area contributed by atoms with Crippen molar-refractivity contribution in [2.75, 3.05) is 12.4 Å². The Balaban J connectivity index is 1.59. The van der Waals surface area contributed by atoms with Crippen molar-refractivity contribution in [1.82, 2.24) is 5.32 Å². The summed E-state index contributed by atoms with van der Waals surface area (Å²) in [4.78, 5) is 24.6. The standard InChI is InChI=1S/C22H22N2O4/c1-14-5-4-6-19(15(14)2)24-22(26)20-12-11-18(28-20)13-23-21(25)16-7-9-17(27-3)10-8-16/h4-12H,13H2,1-3H3,(H,23,25)(H,24,26). The molecule has 2 N–H and O–H groups in total. The molecular weight excluding hydrogens is 356 g/mol. The Bertz CT molecular complexity index is 990. The third-order valence-electron chi connectivity index (χ3n) is 4.51. The first kappa shape index (κ1) is 19.2. The monoisotopic (exact) mass is 378 g/mol. The lowest BCUT2D eigenvalue weighted by molar-refractivity contribution is 0.0948. The first-order valence-corrected chi connectivity index (χ1v) is 8.86. The molecule has 1 heterocycles. The Morgan fingerprint density at radius 1 is 0.964 bits per heavy atom. The molecule has 0 radical (unpaired) electrons. The zero-order chi connectivity index (χ0) is 20.1. The average molecular weight is 378 g/mol. The van der Waals surface area contributed by atoms with Crippen LogP contribution in [0.5, 0.6) is 5.75 Å². The van der Waals surface area contributed by atoms with Crippen molar-refractivity contribution >= 4 is 17.5 Å². The zero-order valence-corrected chi connectivity index (χ0v) is 16.0. The van der Waals surface area contributed by atoms with Crippen molar-refractivity contribution in [3.05, 3.63) is 82.8 Å². The highest BCUT2D eigenvalue weighted by molar-refractivity contribution is 6.02. The summed E-state index contributed by atoms with van der Waals surface area (Å²) in [5.74, 6) is 0.798. The normalized spacial score (nSPS) is 10.4. The van der Waals surface area contributed by atoms with E-state index in [0.717, 1.165) is 16.8 Å². The van der Waals surface area contributed by atoms with Crippen molar-refractivity contribution in [2.45, 2.75) is 20.4 Å². The molecule has 0 atom stereocenters. The molecule has 28 heavy (non-hydrogen) atoms. The minimum Gasteiger partial charge on any atom is -0.497 e. The van der Waals surface area contributed by atoms with Gasteiger partial charge in [0.05, 0.1) is 13.7 Å². The smallest absolute Gasteiger partial charge is 0.291 e. The van der Waals surface area contributed by atoms with E-state index in [0.29, 0.717) is 17.1 Å². The van der Waals surface area contributed by atoms with E-state index in [-0.39, 0.29) is 24.1 Å². The van der Waals surface area contributed by atoms with Crippen molar-refractivity contribution in [1.29, 1.82) is 0 Å². The predicted octanol–water partition coefficient (Wildman–Crippen LogP) is 4.09. The Hall–Kier alpha value is -3.54. The van der Waals surface area contributed by atoms with E-state index in [1.807, 2.05) is 32.0 Å². The number of methoxy groups -OCH3 is 1. The van der Waals surface area contributed by atoms with Crippen LogP contribution in [0.2, 0.25) is 0 Å². The highest BCUT2D eigenvalue weighted by atomic mass is 16.5. The number of aryl methyl sites for hydroxylation is 1. The summed E-state index contributed by atoms with van der Waals surface area (Å²) in [5.41, 5.74) is 3.37. The summed E-state index contributed by atoms with van der Waals surface area (Å²) < 4.78 is 10.6. The number of amides is 2. The largest absolute Gasteiger partial charge is 0.497 e. The summed E-state index contributed by atoms with van der Waals surface area (Å²) in [7, 11) is 1.57. The third kappa shape index (κ3) is 4.40. The molecule has 0 bridgehead atoms. The quantitative estimate of drug-likeness (QED) is 0.677. The topological polar surface area (TPSA) is 80.6 Å². The fraction of sp³-hybridized carbons (Fsp3) is 0.182. The van der Waals surface area contributed by atoms with Gasteiger partial charge in [-0.15, -0.1) is 0 Å². The lowest BCUT2D eigenvalue weighted by atomic mass is 10.1. The van der Waals surface area contributed by atoms with Gasteiger partial charge in [-0.2, -0.15) is 0 Å². The molecule has 3 aromatic rings. The Kier molecular flexibility index (Phi) is 5.79. The summed E-state index contributed by atoms with van der Waals surface area (Å²) in [6.07, 6.45) is 0. The molecule has 2 aromatic carbocycles. The molecule has 144 valence electrons. The molecule has 0 aliphatic heterocycles. The number of furan rings is 1. The molecular formula is C22H22N2O4. The maximum atomic E-state index is 12.4. The Morgan fingerprint density at radius 3 is 2.43 bits per heavy atom. The fourth-order valence-corrected chi connectivity index (χ4v) is 2.68. The van der Waals surface area contributed by atoms with Crippen molar-refractivity contribution in [3.8, 4) is 5.75 Å². The lowest BCUT2D eigenvalue weighted by Crippen LogP contribution is -2.22. The first-order valence-electron chi connectivity index (χ1n) is 8.86. The number of benzene rings is 2. The summed E-state index contributed by atoms with van der Waals surface area (Å²) >= 11 is 0. The summed E-state index contributed by atoms with van der Waals surface area (Å²) in [6, 6.07) is 15.8. The van der Waals surface area contributed by atoms with Crippen molar-refractivity contribution in [3.63, 3.8) is 0 Å². The van der Waals surface area contributed by atoms with Gasteiger partial charge in [-0.25, -0.2) is 0 Å². The highest BCUT2D eigenvalue weighted by Crippen LogP contribution is 2.19. The summed E-state index contributed by atoms with van der Waals surface area (Å²) in [5, 5.41) is 5.62. The molecule has 0 saturated carbocycles.